The third-order valence-electron chi connectivity index (χ3n) is 2.95. The van der Waals surface area contributed by atoms with Crippen LogP contribution in [0, 0.1) is 0 Å². The van der Waals surface area contributed by atoms with Crippen LogP contribution < -0.4 is 4.72 Å². The van der Waals surface area contributed by atoms with Gasteiger partial charge in [-0.15, -0.1) is 0 Å². The van der Waals surface area contributed by atoms with Crippen LogP contribution in [0.25, 0.3) is 0 Å². The third kappa shape index (κ3) is 4.22. The van der Waals surface area contributed by atoms with Crippen LogP contribution in [0.1, 0.15) is 18.9 Å². The Kier molecular flexibility index (Phi) is 5.30. The van der Waals surface area contributed by atoms with Crippen LogP contribution in [0.5, 0.6) is 0 Å². The van der Waals surface area contributed by atoms with Crippen LogP contribution in [0.4, 0.5) is 5.69 Å². The molecule has 0 aliphatic heterocycles. The summed E-state index contributed by atoms with van der Waals surface area (Å²) in [6, 6.07) is 11.8. The number of halogens is 2. The Balaban J connectivity index is 2.25. The summed E-state index contributed by atoms with van der Waals surface area (Å²) in [5.74, 6) is 0. The molecule has 0 radical (unpaired) electrons. The van der Waals surface area contributed by atoms with E-state index in [-0.39, 0.29) is 4.90 Å². The first-order chi connectivity index (χ1) is 9.92. The number of rotatable bonds is 5. The molecule has 2 rings (SSSR count). The summed E-state index contributed by atoms with van der Waals surface area (Å²) in [6.07, 6.45) is 1.97. The molecule has 1 N–H and O–H groups in total. The molecular weight excluding hydrogens is 374 g/mol. The second-order valence-electron chi connectivity index (χ2n) is 4.62. The minimum Gasteiger partial charge on any atom is -0.278 e. The SMILES string of the molecule is CCCc1ccc(S(=O)(=O)Nc2ccc(Cl)cc2Br)cc1. The number of aryl methyl sites for hydroxylation is 1. The van der Waals surface area contributed by atoms with E-state index in [1.807, 2.05) is 12.1 Å². The largest absolute Gasteiger partial charge is 0.278 e. The molecule has 112 valence electrons. The highest BCUT2D eigenvalue weighted by atomic mass is 79.9. The summed E-state index contributed by atoms with van der Waals surface area (Å²) in [5, 5.41) is 0.536. The van der Waals surface area contributed by atoms with Crippen molar-refractivity contribution in [2.75, 3.05) is 4.72 Å². The van der Waals surface area contributed by atoms with Gasteiger partial charge in [0.25, 0.3) is 10.0 Å². The Morgan fingerprint density at radius 2 is 1.81 bits per heavy atom. The van der Waals surface area contributed by atoms with E-state index in [2.05, 4.69) is 27.6 Å². The number of anilines is 1. The zero-order valence-electron chi connectivity index (χ0n) is 11.4. The molecule has 0 heterocycles. The van der Waals surface area contributed by atoms with Crippen LogP contribution in [0.15, 0.2) is 51.8 Å². The number of sulfonamides is 1. The highest BCUT2D eigenvalue weighted by Crippen LogP contribution is 2.28. The topological polar surface area (TPSA) is 46.2 Å². The monoisotopic (exact) mass is 387 g/mol. The molecule has 2 aromatic rings. The number of nitrogens with one attached hydrogen (secondary N) is 1. The van der Waals surface area contributed by atoms with Gasteiger partial charge < -0.3 is 0 Å². The van der Waals surface area contributed by atoms with Crippen molar-refractivity contribution in [3.05, 3.63) is 57.5 Å². The van der Waals surface area contributed by atoms with Gasteiger partial charge in [0.2, 0.25) is 0 Å². The first kappa shape index (κ1) is 16.3. The predicted octanol–water partition coefficient (Wildman–Crippen LogP) is 4.86. The molecule has 0 unspecified atom stereocenters. The smallest absolute Gasteiger partial charge is 0.261 e. The van der Waals surface area contributed by atoms with Gasteiger partial charge in [-0.25, -0.2) is 8.42 Å². The first-order valence-electron chi connectivity index (χ1n) is 6.49. The van der Waals surface area contributed by atoms with E-state index < -0.39 is 10.0 Å². The molecule has 0 saturated carbocycles. The lowest BCUT2D eigenvalue weighted by molar-refractivity contribution is 0.601. The first-order valence-corrected chi connectivity index (χ1v) is 9.14. The van der Waals surface area contributed by atoms with Gasteiger partial charge in [-0.2, -0.15) is 0 Å². The molecule has 0 amide bonds. The van der Waals surface area contributed by atoms with Gasteiger partial charge in [0.15, 0.2) is 0 Å². The summed E-state index contributed by atoms with van der Waals surface area (Å²) in [7, 11) is -3.60. The minimum absolute atomic E-state index is 0.240. The molecule has 0 bridgehead atoms. The van der Waals surface area contributed by atoms with Crippen LogP contribution in [0.3, 0.4) is 0 Å². The van der Waals surface area contributed by atoms with Crippen molar-refractivity contribution in [1.29, 1.82) is 0 Å². The van der Waals surface area contributed by atoms with Gasteiger partial charge in [0.05, 0.1) is 10.6 Å². The van der Waals surface area contributed by atoms with Gasteiger partial charge in [-0.05, 0) is 58.2 Å². The average Bonchev–Trinajstić information content (AvgIpc) is 2.43. The van der Waals surface area contributed by atoms with Gasteiger partial charge in [-0.1, -0.05) is 37.1 Å². The molecule has 6 heteroatoms. The van der Waals surface area contributed by atoms with Crippen molar-refractivity contribution in [2.45, 2.75) is 24.7 Å². The fourth-order valence-electron chi connectivity index (χ4n) is 1.90. The molecule has 0 aliphatic rings. The number of hydrogen-bond donors (Lipinski definition) is 1. The molecule has 21 heavy (non-hydrogen) atoms. The Morgan fingerprint density at radius 1 is 1.14 bits per heavy atom. The van der Waals surface area contributed by atoms with E-state index in [0.717, 1.165) is 18.4 Å². The van der Waals surface area contributed by atoms with Crippen molar-refractivity contribution in [2.24, 2.45) is 0 Å². The maximum absolute atomic E-state index is 12.3. The van der Waals surface area contributed by atoms with Crippen LogP contribution in [-0.2, 0) is 16.4 Å². The minimum atomic E-state index is -3.60. The maximum Gasteiger partial charge on any atom is 0.261 e. The Hall–Kier alpha value is -1.04. The normalized spacial score (nSPS) is 11.4. The van der Waals surface area contributed by atoms with Crippen LogP contribution in [0.2, 0.25) is 5.02 Å². The van der Waals surface area contributed by atoms with E-state index in [0.29, 0.717) is 15.2 Å². The molecule has 0 spiro atoms. The van der Waals surface area contributed by atoms with E-state index in [4.69, 9.17) is 11.6 Å². The van der Waals surface area contributed by atoms with Crippen LogP contribution in [-0.4, -0.2) is 8.42 Å². The highest BCUT2D eigenvalue weighted by Gasteiger charge is 2.15. The molecule has 0 atom stereocenters. The molecule has 0 aliphatic carbocycles. The van der Waals surface area contributed by atoms with E-state index in [1.54, 1.807) is 30.3 Å². The lowest BCUT2D eigenvalue weighted by Crippen LogP contribution is -2.13. The van der Waals surface area contributed by atoms with Gasteiger partial charge in [-0.3, -0.25) is 4.72 Å². The molecule has 3 nitrogen and oxygen atoms in total. The third-order valence-corrected chi connectivity index (χ3v) is 5.22. The predicted molar refractivity (Wildman–Crippen MR) is 90.4 cm³/mol. The van der Waals surface area contributed by atoms with Crippen molar-refractivity contribution >= 4 is 43.2 Å². The van der Waals surface area contributed by atoms with Crippen molar-refractivity contribution < 1.29 is 8.42 Å². The maximum atomic E-state index is 12.3. The Labute approximate surface area is 138 Å². The standard InChI is InChI=1S/C15H15BrClNO2S/c1-2-3-11-4-7-13(8-5-11)21(19,20)18-15-9-6-12(17)10-14(15)16/h4-10,18H,2-3H2,1H3. The molecular formula is C15H15BrClNO2S. The van der Waals surface area contributed by atoms with E-state index >= 15 is 0 Å². The molecule has 2 aromatic carbocycles. The molecule has 0 fully saturated rings. The van der Waals surface area contributed by atoms with Crippen molar-refractivity contribution in [1.82, 2.24) is 0 Å². The zero-order chi connectivity index (χ0) is 15.5. The summed E-state index contributed by atoms with van der Waals surface area (Å²) < 4.78 is 27.8. The lowest BCUT2D eigenvalue weighted by atomic mass is 10.1. The molecule has 0 aromatic heterocycles. The summed E-state index contributed by atoms with van der Waals surface area (Å²) >= 11 is 9.14. The van der Waals surface area contributed by atoms with Crippen molar-refractivity contribution in [3.8, 4) is 0 Å². The number of benzene rings is 2. The zero-order valence-corrected chi connectivity index (χ0v) is 14.6. The van der Waals surface area contributed by atoms with E-state index in [1.165, 1.54) is 0 Å². The quantitative estimate of drug-likeness (QED) is 0.795. The summed E-state index contributed by atoms with van der Waals surface area (Å²) in [4.78, 5) is 0.240. The fraction of sp³-hybridized carbons (Fsp3) is 0.200. The summed E-state index contributed by atoms with van der Waals surface area (Å²) in [5.41, 5.74) is 1.58. The van der Waals surface area contributed by atoms with Gasteiger partial charge in [0, 0.05) is 9.50 Å². The van der Waals surface area contributed by atoms with Crippen molar-refractivity contribution in [3.63, 3.8) is 0 Å². The fourth-order valence-corrected chi connectivity index (χ4v) is 3.89. The number of hydrogen-bond acceptors (Lipinski definition) is 2. The van der Waals surface area contributed by atoms with Gasteiger partial charge >= 0.3 is 0 Å². The lowest BCUT2D eigenvalue weighted by Gasteiger charge is -2.10. The summed E-state index contributed by atoms with van der Waals surface area (Å²) in [6.45, 7) is 2.09. The average molecular weight is 389 g/mol. The second kappa shape index (κ2) is 6.81. The second-order valence-corrected chi connectivity index (χ2v) is 7.60. The highest BCUT2D eigenvalue weighted by molar-refractivity contribution is 9.10. The van der Waals surface area contributed by atoms with Crippen LogP contribution >= 0.6 is 27.5 Å². The van der Waals surface area contributed by atoms with E-state index in [9.17, 15) is 8.42 Å². The van der Waals surface area contributed by atoms with Gasteiger partial charge in [0.1, 0.15) is 0 Å². The Morgan fingerprint density at radius 3 is 2.38 bits per heavy atom. The Bertz CT molecular complexity index is 730. The molecule has 0 saturated heterocycles.